The summed E-state index contributed by atoms with van der Waals surface area (Å²) in [5.74, 6) is 1.84. The van der Waals surface area contributed by atoms with Crippen LogP contribution in [0.1, 0.15) is 55.3 Å². The summed E-state index contributed by atoms with van der Waals surface area (Å²) in [6.45, 7) is 0. The normalized spacial score (nSPS) is 32.5. The standard InChI is InChI=1S/C19H22Cl2N2O2/c20-15-3-1-2-14(17(15)21)18(25)23-22-16(24)10-19-7-11-4-12(8-19)6-13(5-11)9-19/h1-3,11-13H,4-10H2,(H,22,24)(H,23,25). The van der Waals surface area contributed by atoms with Crippen LogP contribution in [-0.4, -0.2) is 11.8 Å². The molecule has 0 atom stereocenters. The zero-order valence-electron chi connectivity index (χ0n) is 14.0. The zero-order valence-corrected chi connectivity index (χ0v) is 15.5. The van der Waals surface area contributed by atoms with E-state index in [1.807, 2.05) is 0 Å². The molecule has 4 aliphatic rings. The average Bonchev–Trinajstić information content (AvgIpc) is 2.53. The third-order valence-electron chi connectivity index (χ3n) is 6.21. The van der Waals surface area contributed by atoms with Crippen LogP contribution in [0, 0.1) is 23.2 Å². The Balaban J connectivity index is 1.35. The Kier molecular flexibility index (Phi) is 4.45. The third kappa shape index (κ3) is 3.39. The molecule has 0 aromatic heterocycles. The summed E-state index contributed by atoms with van der Waals surface area (Å²) in [5, 5.41) is 0.506. The van der Waals surface area contributed by atoms with Crippen molar-refractivity contribution in [1.29, 1.82) is 0 Å². The number of carbonyl (C=O) groups excluding carboxylic acids is 2. The molecular weight excluding hydrogens is 359 g/mol. The van der Waals surface area contributed by atoms with Gasteiger partial charge in [0.05, 0.1) is 15.6 Å². The minimum atomic E-state index is -0.452. The van der Waals surface area contributed by atoms with Crippen LogP contribution in [0.25, 0.3) is 0 Å². The molecule has 2 N–H and O–H groups in total. The van der Waals surface area contributed by atoms with Crippen molar-refractivity contribution in [3.8, 4) is 0 Å². The van der Waals surface area contributed by atoms with Gasteiger partial charge in [0.25, 0.3) is 5.91 Å². The maximum Gasteiger partial charge on any atom is 0.271 e. The molecule has 4 fully saturated rings. The molecule has 25 heavy (non-hydrogen) atoms. The molecule has 0 aliphatic heterocycles. The molecule has 4 aliphatic carbocycles. The number of rotatable bonds is 3. The summed E-state index contributed by atoms with van der Waals surface area (Å²) in [5.41, 5.74) is 5.43. The van der Waals surface area contributed by atoms with Crippen molar-refractivity contribution in [3.05, 3.63) is 33.8 Å². The fraction of sp³-hybridized carbons (Fsp3) is 0.579. The first kappa shape index (κ1) is 17.2. The highest BCUT2D eigenvalue weighted by atomic mass is 35.5. The molecule has 4 saturated carbocycles. The van der Waals surface area contributed by atoms with Gasteiger partial charge in [0.15, 0.2) is 0 Å². The maximum absolute atomic E-state index is 12.4. The summed E-state index contributed by atoms with van der Waals surface area (Å²) in [7, 11) is 0. The number of nitrogens with one attached hydrogen (secondary N) is 2. The Morgan fingerprint density at radius 1 is 1.00 bits per heavy atom. The van der Waals surface area contributed by atoms with Gasteiger partial charge >= 0.3 is 0 Å². The van der Waals surface area contributed by atoms with Crippen LogP contribution in [0.2, 0.25) is 10.0 Å². The fourth-order valence-electron chi connectivity index (χ4n) is 5.76. The van der Waals surface area contributed by atoms with Crippen molar-refractivity contribution >= 4 is 35.0 Å². The van der Waals surface area contributed by atoms with Gasteiger partial charge in [0, 0.05) is 6.42 Å². The topological polar surface area (TPSA) is 58.2 Å². The van der Waals surface area contributed by atoms with Crippen molar-refractivity contribution in [2.24, 2.45) is 23.2 Å². The van der Waals surface area contributed by atoms with Crippen LogP contribution in [0.5, 0.6) is 0 Å². The minimum Gasteiger partial charge on any atom is -0.273 e. The van der Waals surface area contributed by atoms with Crippen LogP contribution in [-0.2, 0) is 4.79 Å². The van der Waals surface area contributed by atoms with E-state index in [2.05, 4.69) is 10.9 Å². The van der Waals surface area contributed by atoms with Crippen LogP contribution in [0.3, 0.4) is 0 Å². The monoisotopic (exact) mass is 380 g/mol. The van der Waals surface area contributed by atoms with E-state index in [1.54, 1.807) is 18.2 Å². The molecule has 1 aromatic carbocycles. The highest BCUT2D eigenvalue weighted by Crippen LogP contribution is 2.61. The smallest absolute Gasteiger partial charge is 0.271 e. The number of benzene rings is 1. The van der Waals surface area contributed by atoms with Gasteiger partial charge in [0.1, 0.15) is 0 Å². The lowest BCUT2D eigenvalue weighted by molar-refractivity contribution is -0.130. The van der Waals surface area contributed by atoms with E-state index in [-0.39, 0.29) is 21.9 Å². The van der Waals surface area contributed by atoms with Gasteiger partial charge < -0.3 is 0 Å². The number of hydrazine groups is 1. The molecule has 4 bridgehead atoms. The first-order valence-electron chi connectivity index (χ1n) is 8.97. The second-order valence-electron chi connectivity index (χ2n) is 8.20. The summed E-state index contributed by atoms with van der Waals surface area (Å²) < 4.78 is 0. The van der Waals surface area contributed by atoms with E-state index < -0.39 is 5.91 Å². The lowest BCUT2D eigenvalue weighted by Crippen LogP contribution is -2.50. The lowest BCUT2D eigenvalue weighted by atomic mass is 9.49. The maximum atomic E-state index is 12.4. The molecule has 0 heterocycles. The average molecular weight is 381 g/mol. The van der Waals surface area contributed by atoms with Crippen molar-refractivity contribution in [1.82, 2.24) is 10.9 Å². The molecular formula is C19H22Cl2N2O2. The first-order chi connectivity index (χ1) is 11.9. The van der Waals surface area contributed by atoms with Crippen molar-refractivity contribution < 1.29 is 9.59 Å². The molecule has 0 saturated heterocycles. The van der Waals surface area contributed by atoms with Gasteiger partial charge in [-0.2, -0.15) is 0 Å². The summed E-state index contributed by atoms with van der Waals surface area (Å²) in [6.07, 6.45) is 8.06. The lowest BCUT2D eigenvalue weighted by Gasteiger charge is -2.56. The quantitative estimate of drug-likeness (QED) is 0.765. The van der Waals surface area contributed by atoms with E-state index >= 15 is 0 Å². The Bertz CT molecular complexity index is 684. The number of hydrogen-bond acceptors (Lipinski definition) is 2. The van der Waals surface area contributed by atoms with Gasteiger partial charge in [-0.3, -0.25) is 20.4 Å². The molecule has 5 rings (SSSR count). The van der Waals surface area contributed by atoms with E-state index in [0.717, 1.165) is 17.8 Å². The summed E-state index contributed by atoms with van der Waals surface area (Å²) in [4.78, 5) is 24.6. The largest absolute Gasteiger partial charge is 0.273 e. The van der Waals surface area contributed by atoms with Gasteiger partial charge in [-0.25, -0.2) is 0 Å². The predicted molar refractivity (Wildman–Crippen MR) is 97.3 cm³/mol. The van der Waals surface area contributed by atoms with Gasteiger partial charge in [-0.15, -0.1) is 0 Å². The third-order valence-corrected chi connectivity index (χ3v) is 7.03. The van der Waals surface area contributed by atoms with Crippen LogP contribution >= 0.6 is 23.2 Å². The molecule has 134 valence electrons. The highest BCUT2D eigenvalue weighted by Gasteiger charge is 2.51. The number of halogens is 2. The summed E-state index contributed by atoms with van der Waals surface area (Å²) >= 11 is 12.0. The van der Waals surface area contributed by atoms with E-state index in [9.17, 15) is 9.59 Å². The molecule has 1 aromatic rings. The fourth-order valence-corrected chi connectivity index (χ4v) is 6.15. The Morgan fingerprint density at radius 3 is 2.20 bits per heavy atom. The number of carbonyl (C=O) groups is 2. The molecule has 0 radical (unpaired) electrons. The predicted octanol–water partition coefficient (Wildman–Crippen LogP) is 4.36. The second kappa shape index (κ2) is 6.48. The number of hydrogen-bond donors (Lipinski definition) is 2. The van der Waals surface area contributed by atoms with Crippen LogP contribution in [0.4, 0.5) is 0 Å². The Morgan fingerprint density at radius 2 is 1.60 bits per heavy atom. The van der Waals surface area contributed by atoms with E-state index in [0.29, 0.717) is 11.4 Å². The van der Waals surface area contributed by atoms with E-state index in [4.69, 9.17) is 23.2 Å². The van der Waals surface area contributed by atoms with Crippen molar-refractivity contribution in [3.63, 3.8) is 0 Å². The second-order valence-corrected chi connectivity index (χ2v) is 8.98. The molecule has 0 unspecified atom stereocenters. The van der Waals surface area contributed by atoms with Crippen LogP contribution in [0.15, 0.2) is 18.2 Å². The minimum absolute atomic E-state index is 0.117. The van der Waals surface area contributed by atoms with E-state index in [1.165, 1.54) is 38.5 Å². The number of amides is 2. The van der Waals surface area contributed by atoms with Gasteiger partial charge in [-0.05, 0) is 73.8 Å². The molecule has 4 nitrogen and oxygen atoms in total. The zero-order chi connectivity index (χ0) is 17.6. The van der Waals surface area contributed by atoms with Gasteiger partial charge in [-0.1, -0.05) is 29.3 Å². The van der Waals surface area contributed by atoms with Gasteiger partial charge in [0.2, 0.25) is 5.91 Å². The van der Waals surface area contributed by atoms with Crippen molar-refractivity contribution in [2.75, 3.05) is 0 Å². The molecule has 6 heteroatoms. The molecule has 0 spiro atoms. The molecule has 2 amide bonds. The Hall–Kier alpha value is -1.26. The van der Waals surface area contributed by atoms with Crippen LogP contribution < -0.4 is 10.9 Å². The Labute approximate surface area is 157 Å². The first-order valence-corrected chi connectivity index (χ1v) is 9.73. The summed E-state index contributed by atoms with van der Waals surface area (Å²) in [6, 6.07) is 4.85. The van der Waals surface area contributed by atoms with Crippen molar-refractivity contribution in [2.45, 2.75) is 44.9 Å². The highest BCUT2D eigenvalue weighted by molar-refractivity contribution is 6.43. The SMILES string of the molecule is O=C(CC12CC3CC(CC(C3)C1)C2)NNC(=O)c1cccc(Cl)c1Cl.